The molecule has 2 rings (SSSR count). The Morgan fingerprint density at radius 3 is 2.75 bits per heavy atom. The Hall–Kier alpha value is -1.80. The first-order valence-electron chi connectivity index (χ1n) is 6.46. The van der Waals surface area contributed by atoms with Gasteiger partial charge in [-0.05, 0) is 26.0 Å². The summed E-state index contributed by atoms with van der Waals surface area (Å²) in [6.07, 6.45) is 0.420. The standard InChI is InChI=1S/C15H16N2O2S/c1-4-12(18)10-5-6-13-11(9-10)17(8-7-16)14(19)15(2,3)20-13/h5-6,9H,4,8H2,1-3H3. The van der Waals surface area contributed by atoms with Crippen molar-refractivity contribution in [2.75, 3.05) is 11.4 Å². The average Bonchev–Trinajstić information content (AvgIpc) is 2.42. The van der Waals surface area contributed by atoms with Gasteiger partial charge in [-0.3, -0.25) is 14.5 Å². The third-order valence-electron chi connectivity index (χ3n) is 3.25. The van der Waals surface area contributed by atoms with E-state index >= 15 is 0 Å². The molecule has 0 radical (unpaired) electrons. The van der Waals surface area contributed by atoms with E-state index < -0.39 is 4.75 Å². The highest BCUT2D eigenvalue weighted by Crippen LogP contribution is 2.45. The molecule has 0 aliphatic carbocycles. The maximum absolute atomic E-state index is 12.4. The summed E-state index contributed by atoms with van der Waals surface area (Å²) >= 11 is 1.47. The number of amides is 1. The quantitative estimate of drug-likeness (QED) is 0.633. The molecule has 0 atom stereocenters. The van der Waals surface area contributed by atoms with Gasteiger partial charge in [-0.1, -0.05) is 13.0 Å². The van der Waals surface area contributed by atoms with E-state index in [0.29, 0.717) is 17.7 Å². The second-order valence-corrected chi connectivity index (χ2v) is 6.79. The van der Waals surface area contributed by atoms with Crippen molar-refractivity contribution in [2.24, 2.45) is 0 Å². The van der Waals surface area contributed by atoms with E-state index in [-0.39, 0.29) is 18.2 Å². The number of Topliss-reactive ketones (excluding diaryl/α,β-unsaturated/α-hetero) is 1. The normalized spacial score (nSPS) is 16.5. The molecule has 1 aromatic carbocycles. The molecule has 0 unspecified atom stereocenters. The molecule has 20 heavy (non-hydrogen) atoms. The van der Waals surface area contributed by atoms with Crippen LogP contribution in [0.2, 0.25) is 0 Å². The zero-order chi connectivity index (χ0) is 14.9. The van der Waals surface area contributed by atoms with E-state index in [4.69, 9.17) is 5.26 Å². The maximum Gasteiger partial charge on any atom is 0.243 e. The van der Waals surface area contributed by atoms with Crippen LogP contribution >= 0.6 is 11.8 Å². The van der Waals surface area contributed by atoms with Crippen LogP contribution in [0.3, 0.4) is 0 Å². The molecule has 1 amide bonds. The molecule has 0 saturated carbocycles. The van der Waals surface area contributed by atoms with Crippen LogP contribution in [0.15, 0.2) is 23.1 Å². The van der Waals surface area contributed by atoms with Crippen LogP contribution in [-0.2, 0) is 4.79 Å². The van der Waals surface area contributed by atoms with Crippen molar-refractivity contribution >= 4 is 29.1 Å². The lowest BCUT2D eigenvalue weighted by molar-refractivity contribution is -0.120. The Labute approximate surface area is 122 Å². The molecule has 0 spiro atoms. The van der Waals surface area contributed by atoms with Crippen molar-refractivity contribution in [1.82, 2.24) is 0 Å². The fourth-order valence-corrected chi connectivity index (χ4v) is 3.33. The van der Waals surface area contributed by atoms with Gasteiger partial charge in [0.25, 0.3) is 0 Å². The summed E-state index contributed by atoms with van der Waals surface area (Å²) in [5.41, 5.74) is 1.25. The molecule has 104 valence electrons. The minimum atomic E-state index is -0.597. The summed E-state index contributed by atoms with van der Waals surface area (Å²) in [6, 6.07) is 7.39. The Morgan fingerprint density at radius 1 is 1.45 bits per heavy atom. The molecule has 0 bridgehead atoms. The van der Waals surface area contributed by atoms with Gasteiger partial charge in [0.1, 0.15) is 6.54 Å². The molecule has 0 N–H and O–H groups in total. The highest BCUT2D eigenvalue weighted by molar-refractivity contribution is 8.01. The van der Waals surface area contributed by atoms with Crippen LogP contribution in [0.4, 0.5) is 5.69 Å². The van der Waals surface area contributed by atoms with E-state index in [1.54, 1.807) is 19.1 Å². The van der Waals surface area contributed by atoms with Gasteiger partial charge in [0.2, 0.25) is 5.91 Å². The summed E-state index contributed by atoms with van der Waals surface area (Å²) in [7, 11) is 0. The highest BCUT2D eigenvalue weighted by atomic mass is 32.2. The summed E-state index contributed by atoms with van der Waals surface area (Å²) in [4.78, 5) is 26.6. The first kappa shape index (κ1) is 14.6. The number of hydrogen-bond acceptors (Lipinski definition) is 4. The monoisotopic (exact) mass is 288 g/mol. The van der Waals surface area contributed by atoms with Crippen molar-refractivity contribution in [3.8, 4) is 6.07 Å². The summed E-state index contributed by atoms with van der Waals surface area (Å²) in [5.74, 6) is -0.0652. The molecule has 0 fully saturated rings. The Bertz CT molecular complexity index is 617. The van der Waals surface area contributed by atoms with Gasteiger partial charge in [0.15, 0.2) is 5.78 Å². The number of hydrogen-bond donors (Lipinski definition) is 0. The number of anilines is 1. The van der Waals surface area contributed by atoms with Gasteiger partial charge in [0.05, 0.1) is 16.5 Å². The van der Waals surface area contributed by atoms with Crippen molar-refractivity contribution < 1.29 is 9.59 Å². The largest absolute Gasteiger partial charge is 0.296 e. The van der Waals surface area contributed by atoms with Gasteiger partial charge in [0, 0.05) is 16.9 Å². The summed E-state index contributed by atoms with van der Waals surface area (Å²) in [6.45, 7) is 5.49. The van der Waals surface area contributed by atoms with Crippen LogP contribution < -0.4 is 4.90 Å². The van der Waals surface area contributed by atoms with Gasteiger partial charge in [-0.25, -0.2) is 0 Å². The Balaban J connectivity index is 2.54. The van der Waals surface area contributed by atoms with Crippen LogP contribution in [0.25, 0.3) is 0 Å². The van der Waals surface area contributed by atoms with Crippen LogP contribution in [-0.4, -0.2) is 23.0 Å². The maximum atomic E-state index is 12.4. The predicted molar refractivity (Wildman–Crippen MR) is 79.0 cm³/mol. The third kappa shape index (κ3) is 2.44. The van der Waals surface area contributed by atoms with Crippen molar-refractivity contribution in [3.63, 3.8) is 0 Å². The lowest BCUT2D eigenvalue weighted by Gasteiger charge is -2.36. The smallest absolute Gasteiger partial charge is 0.243 e. The molecular weight excluding hydrogens is 272 g/mol. The zero-order valence-electron chi connectivity index (χ0n) is 11.8. The third-order valence-corrected chi connectivity index (χ3v) is 4.50. The number of fused-ring (bicyclic) bond motifs is 1. The number of carbonyl (C=O) groups excluding carboxylic acids is 2. The van der Waals surface area contributed by atoms with Crippen LogP contribution in [0, 0.1) is 11.3 Å². The van der Waals surface area contributed by atoms with E-state index in [0.717, 1.165) is 4.90 Å². The molecule has 4 nitrogen and oxygen atoms in total. The first-order chi connectivity index (χ1) is 9.40. The van der Waals surface area contributed by atoms with E-state index in [1.807, 2.05) is 26.0 Å². The molecule has 0 saturated heterocycles. The number of thioether (sulfide) groups is 1. The van der Waals surface area contributed by atoms with E-state index in [9.17, 15) is 9.59 Å². The second-order valence-electron chi connectivity index (χ2n) is 5.12. The molecule has 1 aliphatic rings. The predicted octanol–water partition coefficient (Wildman–Crippen LogP) is 3.02. The summed E-state index contributed by atoms with van der Waals surface area (Å²) in [5, 5.41) is 8.94. The summed E-state index contributed by atoms with van der Waals surface area (Å²) < 4.78 is -0.597. The second kappa shape index (κ2) is 5.29. The SMILES string of the molecule is CCC(=O)c1ccc2c(c1)N(CC#N)C(=O)C(C)(C)S2. The zero-order valence-corrected chi connectivity index (χ0v) is 12.6. The van der Waals surface area contributed by atoms with Gasteiger partial charge in [-0.2, -0.15) is 5.26 Å². The molecule has 1 aliphatic heterocycles. The minimum Gasteiger partial charge on any atom is -0.296 e. The van der Waals surface area contributed by atoms with E-state index in [2.05, 4.69) is 0 Å². The molecule has 5 heteroatoms. The first-order valence-corrected chi connectivity index (χ1v) is 7.27. The Morgan fingerprint density at radius 2 is 2.15 bits per heavy atom. The molecule has 1 aromatic rings. The fraction of sp³-hybridized carbons (Fsp3) is 0.400. The molecule has 1 heterocycles. The van der Waals surface area contributed by atoms with Crippen LogP contribution in [0.5, 0.6) is 0 Å². The Kier molecular flexibility index (Phi) is 3.87. The van der Waals surface area contributed by atoms with Crippen molar-refractivity contribution in [3.05, 3.63) is 23.8 Å². The lowest BCUT2D eigenvalue weighted by Crippen LogP contribution is -2.46. The number of benzene rings is 1. The fourth-order valence-electron chi connectivity index (χ4n) is 2.17. The number of nitriles is 1. The van der Waals surface area contributed by atoms with Gasteiger partial charge in [-0.15, -0.1) is 11.8 Å². The number of ketones is 1. The molecular formula is C15H16N2O2S. The average molecular weight is 288 g/mol. The number of carbonyl (C=O) groups is 2. The molecule has 0 aromatic heterocycles. The lowest BCUT2D eigenvalue weighted by atomic mass is 10.1. The van der Waals surface area contributed by atoms with Crippen molar-refractivity contribution in [2.45, 2.75) is 36.8 Å². The van der Waals surface area contributed by atoms with Gasteiger partial charge < -0.3 is 0 Å². The van der Waals surface area contributed by atoms with E-state index in [1.165, 1.54) is 16.7 Å². The van der Waals surface area contributed by atoms with Crippen molar-refractivity contribution in [1.29, 1.82) is 5.26 Å². The number of nitrogens with zero attached hydrogens (tertiary/aromatic N) is 2. The topological polar surface area (TPSA) is 61.2 Å². The van der Waals surface area contributed by atoms with Gasteiger partial charge >= 0.3 is 0 Å². The van der Waals surface area contributed by atoms with Crippen LogP contribution in [0.1, 0.15) is 37.6 Å². The minimum absolute atomic E-state index is 0.000405. The highest BCUT2D eigenvalue weighted by Gasteiger charge is 2.39. The number of rotatable bonds is 3.